The first-order valence-corrected chi connectivity index (χ1v) is 7.56. The van der Waals surface area contributed by atoms with Gasteiger partial charge in [0, 0.05) is 10.8 Å². The molecule has 16 heavy (non-hydrogen) atoms. The highest BCUT2D eigenvalue weighted by atomic mass is 32.2. The number of nitrogens with one attached hydrogen (secondary N) is 1. The summed E-state index contributed by atoms with van der Waals surface area (Å²) < 4.78 is 0. The monoisotopic (exact) mass is 245 g/mol. The molecule has 0 bridgehead atoms. The van der Waals surface area contributed by atoms with Gasteiger partial charge in [0.05, 0.1) is 6.61 Å². The zero-order chi connectivity index (χ0) is 12.0. The van der Waals surface area contributed by atoms with Crippen molar-refractivity contribution >= 4 is 11.8 Å². The van der Waals surface area contributed by atoms with Crippen LogP contribution in [-0.2, 0) is 0 Å². The Morgan fingerprint density at radius 2 is 2.19 bits per heavy atom. The van der Waals surface area contributed by atoms with Crippen LogP contribution in [0.2, 0.25) is 0 Å². The smallest absolute Gasteiger partial charge is 0.0610 e. The highest BCUT2D eigenvalue weighted by Gasteiger charge is 2.23. The topological polar surface area (TPSA) is 32.3 Å². The largest absolute Gasteiger partial charge is 0.394 e. The van der Waals surface area contributed by atoms with E-state index in [1.54, 1.807) is 0 Å². The van der Waals surface area contributed by atoms with Crippen molar-refractivity contribution in [2.24, 2.45) is 5.92 Å². The molecule has 1 aliphatic rings. The molecule has 1 fully saturated rings. The first-order chi connectivity index (χ1) is 7.59. The maximum atomic E-state index is 9.29. The van der Waals surface area contributed by atoms with Gasteiger partial charge in [-0.15, -0.1) is 0 Å². The highest BCUT2D eigenvalue weighted by Crippen LogP contribution is 2.32. The van der Waals surface area contributed by atoms with Crippen LogP contribution in [-0.4, -0.2) is 35.3 Å². The Labute approximate surface area is 105 Å². The molecule has 2 nitrogen and oxygen atoms in total. The number of likely N-dealkylation sites (N-methyl/N-ethyl adjacent to an activating group) is 1. The van der Waals surface area contributed by atoms with Gasteiger partial charge in [0.1, 0.15) is 0 Å². The van der Waals surface area contributed by atoms with Crippen molar-refractivity contribution in [1.82, 2.24) is 5.32 Å². The van der Waals surface area contributed by atoms with Crippen molar-refractivity contribution in [3.63, 3.8) is 0 Å². The predicted octanol–water partition coefficient (Wildman–Crippen LogP) is 2.66. The van der Waals surface area contributed by atoms with Crippen LogP contribution < -0.4 is 5.32 Å². The van der Waals surface area contributed by atoms with Crippen LogP contribution in [0.3, 0.4) is 0 Å². The molecule has 96 valence electrons. The van der Waals surface area contributed by atoms with E-state index in [-0.39, 0.29) is 12.1 Å². The van der Waals surface area contributed by atoms with Crippen molar-refractivity contribution < 1.29 is 5.11 Å². The molecule has 0 aromatic rings. The lowest BCUT2D eigenvalue weighted by Crippen LogP contribution is -2.43. The standard InChI is InChI=1S/C13H27NOS/c1-11-5-4-6-12(9-11)16-8-7-13(2,10-15)14-3/h11-12,14-15H,4-10H2,1-3H3. The van der Waals surface area contributed by atoms with Gasteiger partial charge < -0.3 is 10.4 Å². The second-order valence-corrected chi connectivity index (χ2v) is 6.89. The average molecular weight is 245 g/mol. The van der Waals surface area contributed by atoms with Crippen molar-refractivity contribution in [3.8, 4) is 0 Å². The van der Waals surface area contributed by atoms with E-state index in [9.17, 15) is 5.11 Å². The molecule has 3 unspecified atom stereocenters. The van der Waals surface area contributed by atoms with Gasteiger partial charge in [0.25, 0.3) is 0 Å². The van der Waals surface area contributed by atoms with Gasteiger partial charge in [0.15, 0.2) is 0 Å². The fourth-order valence-corrected chi connectivity index (χ4v) is 3.96. The Morgan fingerprint density at radius 3 is 2.75 bits per heavy atom. The molecule has 3 atom stereocenters. The van der Waals surface area contributed by atoms with Gasteiger partial charge >= 0.3 is 0 Å². The summed E-state index contributed by atoms with van der Waals surface area (Å²) in [4.78, 5) is 0. The Morgan fingerprint density at radius 1 is 1.44 bits per heavy atom. The maximum Gasteiger partial charge on any atom is 0.0610 e. The molecule has 0 spiro atoms. The average Bonchev–Trinajstić information content (AvgIpc) is 2.29. The van der Waals surface area contributed by atoms with Gasteiger partial charge in [-0.1, -0.05) is 19.8 Å². The van der Waals surface area contributed by atoms with Crippen LogP contribution in [0.1, 0.15) is 46.0 Å². The molecule has 3 heteroatoms. The van der Waals surface area contributed by atoms with Crippen molar-refractivity contribution in [2.75, 3.05) is 19.4 Å². The fourth-order valence-electron chi connectivity index (χ4n) is 2.26. The molecule has 0 aromatic carbocycles. The maximum absolute atomic E-state index is 9.29. The Bertz CT molecular complexity index is 194. The van der Waals surface area contributed by atoms with E-state index in [0.29, 0.717) is 0 Å². The summed E-state index contributed by atoms with van der Waals surface area (Å²) in [6.45, 7) is 4.69. The third-order valence-electron chi connectivity index (χ3n) is 3.85. The Kier molecular flexibility index (Phi) is 6.16. The number of aliphatic hydroxyl groups is 1. The third kappa shape index (κ3) is 4.64. The van der Waals surface area contributed by atoms with Crippen LogP contribution in [0.25, 0.3) is 0 Å². The van der Waals surface area contributed by atoms with Crippen LogP contribution in [0.5, 0.6) is 0 Å². The molecular formula is C13H27NOS. The van der Waals surface area contributed by atoms with Gasteiger partial charge in [-0.2, -0.15) is 11.8 Å². The molecular weight excluding hydrogens is 218 g/mol. The molecule has 1 saturated carbocycles. The Balaban J connectivity index is 2.19. The van der Waals surface area contributed by atoms with E-state index in [4.69, 9.17) is 0 Å². The number of hydrogen-bond donors (Lipinski definition) is 2. The van der Waals surface area contributed by atoms with E-state index >= 15 is 0 Å². The van der Waals surface area contributed by atoms with E-state index in [2.05, 4.69) is 30.9 Å². The fraction of sp³-hybridized carbons (Fsp3) is 1.00. The lowest BCUT2D eigenvalue weighted by atomic mass is 9.91. The minimum Gasteiger partial charge on any atom is -0.394 e. The minimum atomic E-state index is -0.0900. The van der Waals surface area contributed by atoms with E-state index in [1.807, 2.05) is 7.05 Å². The van der Waals surface area contributed by atoms with Crippen LogP contribution in [0, 0.1) is 5.92 Å². The highest BCUT2D eigenvalue weighted by molar-refractivity contribution is 7.99. The number of thioether (sulfide) groups is 1. The molecule has 1 aliphatic carbocycles. The van der Waals surface area contributed by atoms with Crippen molar-refractivity contribution in [1.29, 1.82) is 0 Å². The summed E-state index contributed by atoms with van der Waals surface area (Å²) in [5.74, 6) is 2.08. The summed E-state index contributed by atoms with van der Waals surface area (Å²) in [5.41, 5.74) is -0.0900. The SMILES string of the molecule is CNC(C)(CO)CCSC1CCCC(C)C1. The summed E-state index contributed by atoms with van der Waals surface area (Å²) in [7, 11) is 1.93. The Hall–Kier alpha value is 0.270. The lowest BCUT2D eigenvalue weighted by molar-refractivity contribution is 0.179. The molecule has 0 aromatic heterocycles. The summed E-state index contributed by atoms with van der Waals surface area (Å²) in [6, 6.07) is 0. The normalized spacial score (nSPS) is 30.0. The zero-order valence-electron chi connectivity index (χ0n) is 11.0. The summed E-state index contributed by atoms with van der Waals surface area (Å²) >= 11 is 2.11. The van der Waals surface area contributed by atoms with E-state index in [1.165, 1.54) is 25.7 Å². The number of hydrogen-bond acceptors (Lipinski definition) is 3. The van der Waals surface area contributed by atoms with Gasteiger partial charge in [-0.05, 0) is 44.9 Å². The molecule has 0 radical (unpaired) electrons. The van der Waals surface area contributed by atoms with Gasteiger partial charge in [0.2, 0.25) is 0 Å². The van der Waals surface area contributed by atoms with Crippen LogP contribution >= 0.6 is 11.8 Å². The third-order valence-corrected chi connectivity index (χ3v) is 5.19. The molecule has 1 rings (SSSR count). The van der Waals surface area contributed by atoms with Gasteiger partial charge in [-0.25, -0.2) is 0 Å². The van der Waals surface area contributed by atoms with Crippen molar-refractivity contribution in [2.45, 2.75) is 56.7 Å². The quantitative estimate of drug-likeness (QED) is 0.754. The first kappa shape index (κ1) is 14.3. The number of rotatable bonds is 6. The first-order valence-electron chi connectivity index (χ1n) is 6.51. The minimum absolute atomic E-state index is 0.0900. The lowest BCUT2D eigenvalue weighted by Gasteiger charge is -2.29. The van der Waals surface area contributed by atoms with Gasteiger partial charge in [-0.3, -0.25) is 0 Å². The van der Waals surface area contributed by atoms with Crippen LogP contribution in [0.15, 0.2) is 0 Å². The molecule has 0 aliphatic heterocycles. The molecule has 0 heterocycles. The zero-order valence-corrected chi connectivity index (χ0v) is 11.8. The molecule has 2 N–H and O–H groups in total. The summed E-state index contributed by atoms with van der Waals surface area (Å²) in [5, 5.41) is 13.4. The second kappa shape index (κ2) is 6.87. The van der Waals surface area contributed by atoms with E-state index < -0.39 is 0 Å². The number of aliphatic hydroxyl groups excluding tert-OH is 1. The van der Waals surface area contributed by atoms with E-state index in [0.717, 1.165) is 23.3 Å². The molecule has 0 saturated heterocycles. The second-order valence-electron chi connectivity index (χ2n) is 5.48. The predicted molar refractivity (Wildman–Crippen MR) is 73.0 cm³/mol. The van der Waals surface area contributed by atoms with Crippen LogP contribution in [0.4, 0.5) is 0 Å². The molecule has 0 amide bonds. The van der Waals surface area contributed by atoms with Crippen molar-refractivity contribution in [3.05, 3.63) is 0 Å². The summed E-state index contributed by atoms with van der Waals surface area (Å²) in [6.07, 6.45) is 6.66.